The number of aromatic nitrogens is 1. The van der Waals surface area contributed by atoms with E-state index in [1.165, 1.54) is 5.56 Å². The molecular weight excluding hydrogens is 424 g/mol. The van der Waals surface area contributed by atoms with E-state index in [9.17, 15) is 4.79 Å². The Morgan fingerprint density at radius 3 is 2.53 bits per heavy atom. The fraction of sp³-hybridized carbons (Fsp3) is 0.414. The van der Waals surface area contributed by atoms with Crippen LogP contribution in [0, 0.1) is 12.5 Å². The van der Waals surface area contributed by atoms with Crippen LogP contribution in [0.1, 0.15) is 71.4 Å². The normalized spacial score (nSPS) is 13.0. The first-order chi connectivity index (χ1) is 16.2. The number of hydrogen-bond donors (Lipinski definition) is 0. The average molecular weight is 459 g/mol. The van der Waals surface area contributed by atoms with Crippen molar-refractivity contribution in [1.82, 2.24) is 4.98 Å². The highest BCUT2D eigenvalue weighted by Crippen LogP contribution is 2.29. The first-order valence-electron chi connectivity index (χ1n) is 12.0. The van der Waals surface area contributed by atoms with Crippen LogP contribution in [0.2, 0.25) is 0 Å². The van der Waals surface area contributed by atoms with Crippen molar-refractivity contribution >= 4 is 23.1 Å². The Morgan fingerprint density at radius 2 is 1.91 bits per heavy atom. The van der Waals surface area contributed by atoms with Crippen LogP contribution in [-0.4, -0.2) is 17.6 Å². The average Bonchev–Trinajstić information content (AvgIpc) is 3.26. The van der Waals surface area contributed by atoms with Gasteiger partial charge in [-0.05, 0) is 59.2 Å². The Morgan fingerprint density at radius 1 is 1.18 bits per heavy atom. The fourth-order valence-electron chi connectivity index (χ4n) is 3.70. The van der Waals surface area contributed by atoms with Gasteiger partial charge in [0.25, 0.3) is 5.70 Å². The molecule has 34 heavy (non-hydrogen) atoms. The number of ether oxygens (including phenoxy) is 1. The second kappa shape index (κ2) is 11.2. The number of carbonyl (C=O) groups is 1. The maximum absolute atomic E-state index is 12.4. The standard InChI is InChI=1S/C29H34N2O3/c1-7-9-10-20(8-2)19-33-28(32)25(30-6)17-21-11-13-22(14-12-21)27-31-24-18-23(29(3,4)5)15-16-26(24)34-27/h11-18,20H,7-10,19H2,1-5H3/b25-17-. The maximum Gasteiger partial charge on any atom is 0.336 e. The van der Waals surface area contributed by atoms with Crippen LogP contribution in [0.15, 0.2) is 52.6 Å². The molecule has 0 aliphatic heterocycles. The number of rotatable bonds is 9. The first-order valence-corrected chi connectivity index (χ1v) is 12.0. The van der Waals surface area contributed by atoms with Crippen molar-refractivity contribution in [2.45, 2.75) is 65.7 Å². The number of oxazole rings is 1. The zero-order valence-corrected chi connectivity index (χ0v) is 20.9. The van der Waals surface area contributed by atoms with Crippen molar-refractivity contribution in [2.75, 3.05) is 6.61 Å². The molecule has 0 radical (unpaired) electrons. The third-order valence-corrected chi connectivity index (χ3v) is 6.04. The fourth-order valence-corrected chi connectivity index (χ4v) is 3.70. The lowest BCUT2D eigenvalue weighted by molar-refractivity contribution is -0.140. The molecule has 3 aromatic rings. The lowest BCUT2D eigenvalue weighted by atomic mass is 9.87. The quantitative estimate of drug-likeness (QED) is 0.186. The summed E-state index contributed by atoms with van der Waals surface area (Å²) >= 11 is 0. The highest BCUT2D eigenvalue weighted by atomic mass is 16.5. The van der Waals surface area contributed by atoms with Crippen LogP contribution >= 0.6 is 0 Å². The van der Waals surface area contributed by atoms with E-state index >= 15 is 0 Å². The van der Waals surface area contributed by atoms with E-state index < -0.39 is 5.97 Å². The van der Waals surface area contributed by atoms with Gasteiger partial charge < -0.3 is 9.15 Å². The van der Waals surface area contributed by atoms with Gasteiger partial charge >= 0.3 is 5.97 Å². The monoisotopic (exact) mass is 458 g/mol. The van der Waals surface area contributed by atoms with Crippen molar-refractivity contribution < 1.29 is 13.9 Å². The summed E-state index contributed by atoms with van der Waals surface area (Å²) in [7, 11) is 0. The molecule has 1 aromatic heterocycles. The van der Waals surface area contributed by atoms with Crippen molar-refractivity contribution in [2.24, 2.45) is 5.92 Å². The van der Waals surface area contributed by atoms with Crippen LogP contribution in [0.4, 0.5) is 0 Å². The van der Waals surface area contributed by atoms with Crippen molar-refractivity contribution in [1.29, 1.82) is 0 Å². The van der Waals surface area contributed by atoms with Crippen LogP contribution in [0.25, 0.3) is 33.5 Å². The number of fused-ring (bicyclic) bond motifs is 1. The third-order valence-electron chi connectivity index (χ3n) is 6.04. The molecule has 5 heteroatoms. The molecule has 1 atom stereocenters. The number of hydrogen-bond acceptors (Lipinski definition) is 4. The molecule has 0 aliphatic rings. The lowest BCUT2D eigenvalue weighted by Gasteiger charge is -2.18. The minimum absolute atomic E-state index is 0.0188. The first kappa shape index (κ1) is 25.2. The Hall–Kier alpha value is -3.39. The van der Waals surface area contributed by atoms with Gasteiger partial charge in [-0.25, -0.2) is 9.83 Å². The summed E-state index contributed by atoms with van der Waals surface area (Å²) in [5.41, 5.74) is 4.37. The molecule has 0 bridgehead atoms. The van der Waals surface area contributed by atoms with E-state index in [-0.39, 0.29) is 11.1 Å². The van der Waals surface area contributed by atoms with Crippen LogP contribution in [0.5, 0.6) is 0 Å². The molecule has 0 saturated carbocycles. The number of benzene rings is 2. The molecule has 0 fully saturated rings. The highest BCUT2D eigenvalue weighted by molar-refractivity contribution is 5.95. The third kappa shape index (κ3) is 6.35. The summed E-state index contributed by atoms with van der Waals surface area (Å²) < 4.78 is 11.4. The largest absolute Gasteiger partial charge is 0.470 e. The zero-order chi connectivity index (χ0) is 24.7. The number of nitrogens with zero attached hydrogens (tertiary/aromatic N) is 2. The van der Waals surface area contributed by atoms with Crippen molar-refractivity contribution in [3.8, 4) is 11.5 Å². The van der Waals surface area contributed by atoms with E-state index in [1.54, 1.807) is 6.08 Å². The second-order valence-corrected chi connectivity index (χ2v) is 9.73. The summed E-state index contributed by atoms with van der Waals surface area (Å²) in [4.78, 5) is 20.5. The minimum atomic E-state index is -0.567. The molecule has 0 saturated heterocycles. The second-order valence-electron chi connectivity index (χ2n) is 9.73. The molecule has 0 spiro atoms. The molecular formula is C29H34N2O3. The Kier molecular flexibility index (Phi) is 8.28. The van der Waals surface area contributed by atoms with Crippen LogP contribution < -0.4 is 0 Å². The lowest BCUT2D eigenvalue weighted by Crippen LogP contribution is -2.14. The van der Waals surface area contributed by atoms with Gasteiger partial charge in [-0.3, -0.25) is 4.79 Å². The smallest absolute Gasteiger partial charge is 0.336 e. The molecule has 0 amide bonds. The Labute approximate surface area is 202 Å². The summed E-state index contributed by atoms with van der Waals surface area (Å²) in [5, 5.41) is 0. The van der Waals surface area contributed by atoms with Gasteiger partial charge in [-0.15, -0.1) is 0 Å². The zero-order valence-electron chi connectivity index (χ0n) is 20.9. The summed E-state index contributed by atoms with van der Waals surface area (Å²) in [6, 6.07) is 13.6. The Balaban J connectivity index is 1.72. The van der Waals surface area contributed by atoms with Crippen molar-refractivity contribution in [3.63, 3.8) is 0 Å². The summed E-state index contributed by atoms with van der Waals surface area (Å²) in [6.07, 6.45) is 5.79. The topological polar surface area (TPSA) is 56.7 Å². The molecule has 3 rings (SSSR count). The predicted octanol–water partition coefficient (Wildman–Crippen LogP) is 7.81. The van der Waals surface area contributed by atoms with Gasteiger partial charge in [0.15, 0.2) is 5.58 Å². The van der Waals surface area contributed by atoms with Crippen LogP contribution in [0.3, 0.4) is 0 Å². The molecule has 1 heterocycles. The van der Waals surface area contributed by atoms with E-state index in [2.05, 4.69) is 56.6 Å². The van der Waals surface area contributed by atoms with Gasteiger partial charge in [-0.2, -0.15) is 0 Å². The molecule has 0 aliphatic carbocycles. The van der Waals surface area contributed by atoms with Gasteiger partial charge in [-0.1, -0.05) is 72.1 Å². The summed E-state index contributed by atoms with van der Waals surface area (Å²) in [6.45, 7) is 18.5. The van der Waals surface area contributed by atoms with E-state index in [4.69, 9.17) is 15.7 Å². The maximum atomic E-state index is 12.4. The SMILES string of the molecule is [C-]#[N+]/C(=C\c1ccc(-c2nc3cc(C(C)(C)C)ccc3o2)cc1)C(=O)OCC(CC)CCCC. The van der Waals surface area contributed by atoms with E-state index in [0.717, 1.165) is 47.9 Å². The van der Waals surface area contributed by atoms with Crippen molar-refractivity contribution in [3.05, 3.63) is 70.7 Å². The number of carbonyl (C=O) groups excluding carboxylic acids is 1. The Bertz CT molecular complexity index is 1190. The molecule has 5 nitrogen and oxygen atoms in total. The number of esters is 1. The van der Waals surface area contributed by atoms with Gasteiger partial charge in [0.1, 0.15) is 5.52 Å². The van der Waals surface area contributed by atoms with E-state index in [1.807, 2.05) is 30.3 Å². The van der Waals surface area contributed by atoms with Gasteiger partial charge in [0.05, 0.1) is 13.2 Å². The van der Waals surface area contributed by atoms with Gasteiger partial charge in [0.2, 0.25) is 5.89 Å². The molecule has 178 valence electrons. The minimum Gasteiger partial charge on any atom is -0.470 e. The molecule has 2 aromatic carbocycles. The van der Waals surface area contributed by atoms with Gasteiger partial charge in [0, 0.05) is 5.56 Å². The highest BCUT2D eigenvalue weighted by Gasteiger charge is 2.17. The molecule has 0 N–H and O–H groups in total. The van der Waals surface area contributed by atoms with Crippen LogP contribution in [-0.2, 0) is 14.9 Å². The summed E-state index contributed by atoms with van der Waals surface area (Å²) in [5.74, 6) is 0.313. The number of unbranched alkanes of at least 4 members (excludes halogenated alkanes) is 1. The van der Waals surface area contributed by atoms with E-state index in [0.29, 0.717) is 18.4 Å². The molecule has 1 unspecified atom stereocenters. The predicted molar refractivity (Wildman–Crippen MR) is 137 cm³/mol.